The molecular formula is H4FeO4Pb. The molecule has 0 aliphatic carbocycles. The fourth-order valence-electron chi connectivity index (χ4n) is 0. The van der Waals surface area contributed by atoms with Crippen molar-refractivity contribution in [2.45, 2.75) is 0 Å². The second-order valence-electron chi connectivity index (χ2n) is 0. The van der Waals surface area contributed by atoms with E-state index in [1.54, 1.807) is 0 Å². The Labute approximate surface area is 66.2 Å². The van der Waals surface area contributed by atoms with E-state index in [4.69, 9.17) is 0 Å². The predicted octanol–water partition coefficient (Wildman–Crippen LogP) is -1.09. The minimum Gasteiger partial charge on any atom is -0.870 e. The van der Waals surface area contributed by atoms with Gasteiger partial charge in [0.2, 0.25) is 0 Å². The van der Waals surface area contributed by atoms with Crippen LogP contribution in [0.2, 0.25) is 0 Å². The molecule has 0 aromatic carbocycles. The van der Waals surface area contributed by atoms with Crippen molar-refractivity contribution >= 4 is 27.3 Å². The molecule has 40 valence electrons. The standard InChI is InChI=1S/Fe.4H2O.Pb/h;4*1H2;/q+2;;;;;+2/p-4. The van der Waals surface area contributed by atoms with Gasteiger partial charge in [-0.25, -0.2) is 0 Å². The quantitative estimate of drug-likeness (QED) is 0.524. The van der Waals surface area contributed by atoms with Gasteiger partial charge in [0, 0.05) is 0 Å². The van der Waals surface area contributed by atoms with Crippen molar-refractivity contribution in [1.82, 2.24) is 0 Å². The van der Waals surface area contributed by atoms with Crippen LogP contribution in [0.4, 0.5) is 0 Å². The SMILES string of the molecule is [Fe+2].[OH-].[OH-].[OH-].[OH-].[Pb+2]. The van der Waals surface area contributed by atoms with Crippen LogP contribution in [0.1, 0.15) is 0 Å². The molecule has 6 heteroatoms. The molecule has 0 spiro atoms. The fraction of sp³-hybridized carbons (Fsp3) is 0. The zero-order chi connectivity index (χ0) is 0. The van der Waals surface area contributed by atoms with E-state index in [1.165, 1.54) is 0 Å². The Morgan fingerprint density at radius 3 is 0.500 bits per heavy atom. The summed E-state index contributed by atoms with van der Waals surface area (Å²) in [6.07, 6.45) is 0. The Hall–Kier alpha value is 1.28. The second kappa shape index (κ2) is 107. The normalized spacial score (nSPS) is 0. The summed E-state index contributed by atoms with van der Waals surface area (Å²) in [7, 11) is 0. The molecule has 6 heavy (non-hydrogen) atoms. The maximum Gasteiger partial charge on any atom is 2.00 e. The van der Waals surface area contributed by atoms with Crippen molar-refractivity contribution in [1.29, 1.82) is 0 Å². The first-order valence-electron chi connectivity index (χ1n) is 0. The molecule has 0 rings (SSSR count). The van der Waals surface area contributed by atoms with Crippen molar-refractivity contribution in [3.63, 3.8) is 0 Å². The third-order valence-electron chi connectivity index (χ3n) is 0. The smallest absolute Gasteiger partial charge is 0.870 e. The molecule has 0 unspecified atom stereocenters. The molecule has 0 aliphatic rings. The van der Waals surface area contributed by atoms with Gasteiger partial charge in [0.1, 0.15) is 0 Å². The molecule has 0 fully saturated rings. The van der Waals surface area contributed by atoms with E-state index < -0.39 is 0 Å². The van der Waals surface area contributed by atoms with Crippen LogP contribution in [-0.2, 0) is 17.1 Å². The van der Waals surface area contributed by atoms with Gasteiger partial charge in [0.05, 0.1) is 0 Å². The van der Waals surface area contributed by atoms with E-state index in [0.717, 1.165) is 0 Å². The minimum atomic E-state index is 0. The van der Waals surface area contributed by atoms with Crippen LogP contribution in [0.5, 0.6) is 0 Å². The van der Waals surface area contributed by atoms with Gasteiger partial charge in [-0.1, -0.05) is 0 Å². The second-order valence-corrected chi connectivity index (χ2v) is 0. The minimum absolute atomic E-state index is 0. The average molecular weight is 331 g/mol. The summed E-state index contributed by atoms with van der Waals surface area (Å²) < 4.78 is 0. The van der Waals surface area contributed by atoms with Crippen molar-refractivity contribution in [3.05, 3.63) is 0 Å². The van der Waals surface area contributed by atoms with Gasteiger partial charge in [0.25, 0.3) is 0 Å². The van der Waals surface area contributed by atoms with Gasteiger partial charge in [-0.05, 0) is 0 Å². The Morgan fingerprint density at radius 1 is 0.500 bits per heavy atom. The molecule has 4 N–H and O–H groups in total. The summed E-state index contributed by atoms with van der Waals surface area (Å²) in [6, 6.07) is 0. The molecule has 0 amide bonds. The molecule has 4 nitrogen and oxygen atoms in total. The van der Waals surface area contributed by atoms with E-state index >= 15 is 0 Å². The third kappa shape index (κ3) is 59.0. The first kappa shape index (κ1) is 175. The van der Waals surface area contributed by atoms with E-state index in [1.807, 2.05) is 0 Å². The zero-order valence-electron chi connectivity index (χ0n) is 2.64. The van der Waals surface area contributed by atoms with Crippen molar-refractivity contribution in [2.24, 2.45) is 0 Å². The van der Waals surface area contributed by atoms with Crippen LogP contribution in [0, 0.1) is 0 Å². The van der Waals surface area contributed by atoms with Gasteiger partial charge < -0.3 is 21.9 Å². The molecule has 0 bridgehead atoms. The van der Waals surface area contributed by atoms with Gasteiger partial charge in [0.15, 0.2) is 0 Å². The van der Waals surface area contributed by atoms with E-state index in [0.29, 0.717) is 0 Å². The Balaban J connectivity index is 0. The van der Waals surface area contributed by atoms with Crippen LogP contribution in [-0.4, -0.2) is 49.2 Å². The first-order valence-corrected chi connectivity index (χ1v) is 0. The Morgan fingerprint density at radius 2 is 0.500 bits per heavy atom. The van der Waals surface area contributed by atoms with E-state index in [-0.39, 0.29) is 66.3 Å². The molecule has 0 saturated heterocycles. The number of hydrogen-bond acceptors (Lipinski definition) is 4. The summed E-state index contributed by atoms with van der Waals surface area (Å²) in [6.45, 7) is 0. The molecule has 2 radical (unpaired) electrons. The monoisotopic (exact) mass is 332 g/mol. The Kier molecular flexibility index (Phi) is 3110. The molecule has 0 aromatic rings. The molecule has 0 atom stereocenters. The first-order chi connectivity index (χ1) is 0. The predicted molar refractivity (Wildman–Crippen MR) is 13.5 cm³/mol. The van der Waals surface area contributed by atoms with Gasteiger partial charge >= 0.3 is 44.4 Å². The largest absolute Gasteiger partial charge is 2.00 e. The van der Waals surface area contributed by atoms with Gasteiger partial charge in [-0.3, -0.25) is 0 Å². The van der Waals surface area contributed by atoms with E-state index in [9.17, 15) is 0 Å². The summed E-state index contributed by atoms with van der Waals surface area (Å²) in [5.41, 5.74) is 0. The maximum absolute atomic E-state index is 0. The summed E-state index contributed by atoms with van der Waals surface area (Å²) in [4.78, 5) is 0. The fourth-order valence-corrected chi connectivity index (χ4v) is 0. The number of rotatable bonds is 0. The average Bonchev–Trinajstić information content (AvgIpc) is 0. The molecule has 0 heterocycles. The van der Waals surface area contributed by atoms with Crippen LogP contribution in [0.3, 0.4) is 0 Å². The summed E-state index contributed by atoms with van der Waals surface area (Å²) in [5.74, 6) is 0. The van der Waals surface area contributed by atoms with Crippen LogP contribution in [0.25, 0.3) is 0 Å². The van der Waals surface area contributed by atoms with Crippen molar-refractivity contribution < 1.29 is 39.0 Å². The van der Waals surface area contributed by atoms with Gasteiger partial charge in [-0.2, -0.15) is 0 Å². The van der Waals surface area contributed by atoms with Crippen LogP contribution >= 0.6 is 0 Å². The van der Waals surface area contributed by atoms with Crippen LogP contribution < -0.4 is 0 Å². The molecular weight excluding hydrogens is 327 g/mol. The molecule has 0 saturated carbocycles. The maximum atomic E-state index is 0. The number of hydrogen-bond donors (Lipinski definition) is 0. The topological polar surface area (TPSA) is 120 Å². The zero-order valence-corrected chi connectivity index (χ0v) is 7.63. The third-order valence-corrected chi connectivity index (χ3v) is 0. The molecule has 0 aliphatic heterocycles. The Bertz CT molecular complexity index is 7.51. The van der Waals surface area contributed by atoms with Crippen LogP contribution in [0.15, 0.2) is 0 Å². The van der Waals surface area contributed by atoms with E-state index in [2.05, 4.69) is 0 Å². The summed E-state index contributed by atoms with van der Waals surface area (Å²) >= 11 is 0. The van der Waals surface area contributed by atoms with Crippen molar-refractivity contribution in [3.8, 4) is 0 Å². The van der Waals surface area contributed by atoms with Gasteiger partial charge in [-0.15, -0.1) is 0 Å². The summed E-state index contributed by atoms with van der Waals surface area (Å²) in [5, 5.41) is 0. The van der Waals surface area contributed by atoms with Crippen molar-refractivity contribution in [2.75, 3.05) is 0 Å². The molecule has 0 aromatic heterocycles.